The quantitative estimate of drug-likeness (QED) is 0.548. The number of rotatable bonds is 5. The molecule has 0 saturated heterocycles. The molecule has 1 rings (SSSR count). The second kappa shape index (κ2) is 5.39. The Morgan fingerprint density at radius 3 is 3.15 bits per heavy atom. The summed E-state index contributed by atoms with van der Waals surface area (Å²) in [7, 11) is 0. The summed E-state index contributed by atoms with van der Waals surface area (Å²) in [5.74, 6) is 4.17. The van der Waals surface area contributed by atoms with E-state index in [1.807, 2.05) is 6.92 Å². The first-order chi connectivity index (χ1) is 6.33. The number of nitrogens with one attached hydrogen (secondary N) is 1. The summed E-state index contributed by atoms with van der Waals surface area (Å²) in [6.45, 7) is 3.47. The monoisotopic (exact) mass is 178 g/mol. The number of terminal acetylenes is 1. The van der Waals surface area contributed by atoms with Crippen LogP contribution in [0.1, 0.15) is 24.5 Å². The molecule has 1 aromatic rings. The Hall–Kier alpha value is -1.27. The third kappa shape index (κ3) is 3.77. The van der Waals surface area contributed by atoms with Crippen LogP contribution in [0.3, 0.4) is 0 Å². The molecule has 0 amide bonds. The van der Waals surface area contributed by atoms with E-state index in [0.29, 0.717) is 6.54 Å². The zero-order valence-corrected chi connectivity index (χ0v) is 7.84. The molecule has 13 heavy (non-hydrogen) atoms. The van der Waals surface area contributed by atoms with Crippen LogP contribution in [0.2, 0.25) is 0 Å². The number of aromatic nitrogens is 1. The van der Waals surface area contributed by atoms with Gasteiger partial charge in [0.25, 0.3) is 0 Å². The maximum absolute atomic E-state index is 5.28. The number of aryl methyl sites for hydroxylation is 1. The molecule has 70 valence electrons. The first kappa shape index (κ1) is 9.82. The van der Waals surface area contributed by atoms with E-state index in [4.69, 9.17) is 10.8 Å². The zero-order valence-electron chi connectivity index (χ0n) is 7.84. The Morgan fingerprint density at radius 2 is 2.54 bits per heavy atom. The fourth-order valence-corrected chi connectivity index (χ4v) is 0.994. The lowest BCUT2D eigenvalue weighted by Crippen LogP contribution is -2.14. The predicted octanol–water partition coefficient (Wildman–Crippen LogP) is 1.49. The topological polar surface area (TPSA) is 38.1 Å². The van der Waals surface area contributed by atoms with Gasteiger partial charge in [0.15, 0.2) is 0 Å². The van der Waals surface area contributed by atoms with E-state index >= 15 is 0 Å². The summed E-state index contributed by atoms with van der Waals surface area (Å²) >= 11 is 0. The number of oxazole rings is 1. The Balaban J connectivity index is 2.10. The van der Waals surface area contributed by atoms with Crippen LogP contribution in [0, 0.1) is 19.3 Å². The molecule has 0 bridgehead atoms. The molecule has 0 saturated carbocycles. The van der Waals surface area contributed by atoms with Gasteiger partial charge < -0.3 is 9.73 Å². The number of hydrogen-bond acceptors (Lipinski definition) is 3. The highest BCUT2D eigenvalue weighted by molar-refractivity contribution is 4.90. The van der Waals surface area contributed by atoms with Crippen LogP contribution < -0.4 is 5.32 Å². The average Bonchev–Trinajstić information content (AvgIpc) is 2.51. The highest BCUT2D eigenvalue weighted by Gasteiger charge is 1.97. The number of hydrogen-bond donors (Lipinski definition) is 1. The van der Waals surface area contributed by atoms with Crippen LogP contribution >= 0.6 is 0 Å². The van der Waals surface area contributed by atoms with Gasteiger partial charge in [-0.15, -0.1) is 12.3 Å². The molecular weight excluding hydrogens is 164 g/mol. The van der Waals surface area contributed by atoms with Crippen LogP contribution in [0.4, 0.5) is 0 Å². The van der Waals surface area contributed by atoms with E-state index in [1.54, 1.807) is 6.20 Å². The molecule has 0 aromatic carbocycles. The molecule has 1 aromatic heterocycles. The molecule has 0 aliphatic heterocycles. The maximum Gasteiger partial charge on any atom is 0.208 e. The van der Waals surface area contributed by atoms with Crippen LogP contribution in [0.15, 0.2) is 10.6 Å². The zero-order chi connectivity index (χ0) is 9.52. The summed E-state index contributed by atoms with van der Waals surface area (Å²) in [6.07, 6.45) is 8.65. The molecule has 0 unspecified atom stereocenters. The van der Waals surface area contributed by atoms with E-state index < -0.39 is 0 Å². The first-order valence-corrected chi connectivity index (χ1v) is 4.38. The van der Waals surface area contributed by atoms with Crippen molar-refractivity contribution in [3.8, 4) is 12.3 Å². The van der Waals surface area contributed by atoms with Crippen molar-refractivity contribution < 1.29 is 4.42 Å². The first-order valence-electron chi connectivity index (χ1n) is 4.38. The normalized spacial score (nSPS) is 9.85. The van der Waals surface area contributed by atoms with E-state index in [-0.39, 0.29) is 0 Å². The molecule has 0 radical (unpaired) electrons. The fraction of sp³-hybridized carbons (Fsp3) is 0.500. The molecule has 3 heteroatoms. The third-order valence-electron chi connectivity index (χ3n) is 1.62. The average molecular weight is 178 g/mol. The lowest BCUT2D eigenvalue weighted by molar-refractivity contribution is 0.448. The van der Waals surface area contributed by atoms with Crippen molar-refractivity contribution in [3.63, 3.8) is 0 Å². The lowest BCUT2D eigenvalue weighted by Gasteiger charge is -1.98. The molecule has 0 spiro atoms. The van der Waals surface area contributed by atoms with Crippen LogP contribution in [0.5, 0.6) is 0 Å². The molecule has 3 nitrogen and oxygen atoms in total. The van der Waals surface area contributed by atoms with Gasteiger partial charge in [-0.2, -0.15) is 0 Å². The van der Waals surface area contributed by atoms with Gasteiger partial charge in [0.1, 0.15) is 5.76 Å². The molecule has 0 aliphatic rings. The predicted molar refractivity (Wildman–Crippen MR) is 51.0 cm³/mol. The van der Waals surface area contributed by atoms with Crippen molar-refractivity contribution in [2.45, 2.75) is 26.3 Å². The molecule has 1 N–H and O–H groups in total. The van der Waals surface area contributed by atoms with Crippen molar-refractivity contribution in [3.05, 3.63) is 17.8 Å². The van der Waals surface area contributed by atoms with Crippen molar-refractivity contribution in [2.24, 2.45) is 0 Å². The van der Waals surface area contributed by atoms with Crippen molar-refractivity contribution in [1.29, 1.82) is 0 Å². The van der Waals surface area contributed by atoms with E-state index in [1.165, 1.54) is 0 Å². The molecule has 0 aliphatic carbocycles. The van der Waals surface area contributed by atoms with Crippen molar-refractivity contribution >= 4 is 0 Å². The van der Waals surface area contributed by atoms with Crippen LogP contribution in [0.25, 0.3) is 0 Å². The third-order valence-corrected chi connectivity index (χ3v) is 1.62. The van der Waals surface area contributed by atoms with E-state index in [0.717, 1.165) is 31.0 Å². The van der Waals surface area contributed by atoms with Gasteiger partial charge in [-0.1, -0.05) is 0 Å². The second-order valence-corrected chi connectivity index (χ2v) is 2.85. The Labute approximate surface area is 78.5 Å². The van der Waals surface area contributed by atoms with Gasteiger partial charge in [-0.25, -0.2) is 4.98 Å². The molecule has 0 atom stereocenters. The fourth-order valence-electron chi connectivity index (χ4n) is 0.994. The van der Waals surface area contributed by atoms with Gasteiger partial charge in [-0.3, -0.25) is 0 Å². The molecular formula is C10H14N2O. The summed E-state index contributed by atoms with van der Waals surface area (Å²) in [4.78, 5) is 4.06. The highest BCUT2D eigenvalue weighted by Crippen LogP contribution is 2.00. The summed E-state index contributed by atoms with van der Waals surface area (Å²) in [6, 6.07) is 0. The second-order valence-electron chi connectivity index (χ2n) is 2.85. The van der Waals surface area contributed by atoms with Crippen molar-refractivity contribution in [2.75, 3.05) is 6.54 Å². The van der Waals surface area contributed by atoms with Crippen molar-refractivity contribution in [1.82, 2.24) is 10.3 Å². The SMILES string of the molecule is C#CCCCNCc1ncc(C)o1. The minimum Gasteiger partial charge on any atom is -0.445 e. The van der Waals surface area contributed by atoms with Gasteiger partial charge in [0, 0.05) is 6.42 Å². The number of nitrogens with zero attached hydrogens (tertiary/aromatic N) is 1. The minimum absolute atomic E-state index is 0.679. The largest absolute Gasteiger partial charge is 0.445 e. The Morgan fingerprint density at radius 1 is 1.69 bits per heavy atom. The maximum atomic E-state index is 5.28. The molecule has 0 fully saturated rings. The summed E-state index contributed by atoms with van der Waals surface area (Å²) < 4.78 is 5.28. The van der Waals surface area contributed by atoms with Gasteiger partial charge in [0.2, 0.25) is 5.89 Å². The standard InChI is InChI=1S/C10H14N2O/c1-3-4-5-6-11-8-10-12-7-9(2)13-10/h1,7,11H,4-6,8H2,2H3. The molecule has 1 heterocycles. The summed E-state index contributed by atoms with van der Waals surface area (Å²) in [5.41, 5.74) is 0. The summed E-state index contributed by atoms with van der Waals surface area (Å²) in [5, 5.41) is 3.20. The lowest BCUT2D eigenvalue weighted by atomic mass is 10.3. The Bertz CT molecular complexity index is 285. The smallest absolute Gasteiger partial charge is 0.208 e. The van der Waals surface area contributed by atoms with Crippen LogP contribution in [-0.4, -0.2) is 11.5 Å². The minimum atomic E-state index is 0.679. The van der Waals surface area contributed by atoms with E-state index in [2.05, 4.69) is 16.2 Å². The van der Waals surface area contributed by atoms with Gasteiger partial charge >= 0.3 is 0 Å². The number of unbranched alkanes of at least 4 members (excludes halogenated alkanes) is 1. The van der Waals surface area contributed by atoms with Crippen LogP contribution in [-0.2, 0) is 6.54 Å². The Kier molecular flexibility index (Phi) is 4.07. The van der Waals surface area contributed by atoms with Gasteiger partial charge in [0.05, 0.1) is 12.7 Å². The van der Waals surface area contributed by atoms with Gasteiger partial charge in [-0.05, 0) is 19.9 Å². The van der Waals surface area contributed by atoms with E-state index in [9.17, 15) is 0 Å². The highest BCUT2D eigenvalue weighted by atomic mass is 16.4.